The van der Waals surface area contributed by atoms with E-state index in [9.17, 15) is 9.59 Å². The minimum Gasteiger partial charge on any atom is -0.297 e. The van der Waals surface area contributed by atoms with Gasteiger partial charge in [0.25, 0.3) is 5.56 Å². The Labute approximate surface area is 107 Å². The molecule has 0 aliphatic heterocycles. The predicted octanol–water partition coefficient (Wildman–Crippen LogP) is 1.74. The van der Waals surface area contributed by atoms with E-state index in [-0.39, 0.29) is 17.9 Å². The van der Waals surface area contributed by atoms with Crippen LogP contribution in [0.25, 0.3) is 0 Å². The fraction of sp³-hybridized carbons (Fsp3) is 0.643. The van der Waals surface area contributed by atoms with Crippen molar-refractivity contribution in [2.24, 2.45) is 5.41 Å². The van der Waals surface area contributed by atoms with Crippen molar-refractivity contribution in [2.75, 3.05) is 0 Å². The maximum absolute atomic E-state index is 12.0. The number of carbonyl (C=O) groups excluding carboxylic acids is 1. The molecular weight excluding hydrogens is 228 g/mol. The first-order chi connectivity index (χ1) is 8.38. The fourth-order valence-electron chi connectivity index (χ4n) is 2.09. The Balaban J connectivity index is 2.29. The summed E-state index contributed by atoms with van der Waals surface area (Å²) >= 11 is 0. The summed E-state index contributed by atoms with van der Waals surface area (Å²) in [5.74, 6) is 0.0351. The molecule has 0 unspecified atom stereocenters. The summed E-state index contributed by atoms with van der Waals surface area (Å²) in [5, 5.41) is 4.35. The number of Topliss-reactive ketones (excluding diaryl/α,β-unsaturated/α-hetero) is 1. The SMILES string of the molecule is CC(C)(C)C(=O)Cn1nc2c(cc1=O)CCCC2. The lowest BCUT2D eigenvalue weighted by molar-refractivity contribution is -0.127. The number of aryl methyl sites for hydroxylation is 2. The molecule has 1 aromatic heterocycles. The molecule has 1 aromatic rings. The smallest absolute Gasteiger partial charge is 0.267 e. The van der Waals surface area contributed by atoms with Gasteiger partial charge in [0, 0.05) is 11.5 Å². The van der Waals surface area contributed by atoms with Gasteiger partial charge in [0.2, 0.25) is 0 Å². The lowest BCUT2D eigenvalue weighted by atomic mass is 9.91. The monoisotopic (exact) mass is 248 g/mol. The molecule has 0 amide bonds. The van der Waals surface area contributed by atoms with Gasteiger partial charge in [0.15, 0.2) is 5.78 Å². The van der Waals surface area contributed by atoms with Gasteiger partial charge in [-0.05, 0) is 31.2 Å². The van der Waals surface area contributed by atoms with E-state index >= 15 is 0 Å². The van der Waals surface area contributed by atoms with Crippen molar-refractivity contribution < 1.29 is 4.79 Å². The summed E-state index contributed by atoms with van der Waals surface area (Å²) < 4.78 is 1.32. The number of carbonyl (C=O) groups is 1. The zero-order valence-corrected chi connectivity index (χ0v) is 11.3. The summed E-state index contributed by atoms with van der Waals surface area (Å²) in [6.45, 7) is 5.66. The molecule has 1 aliphatic rings. The number of hydrogen-bond donors (Lipinski definition) is 0. The van der Waals surface area contributed by atoms with Crippen LogP contribution in [0.2, 0.25) is 0 Å². The van der Waals surface area contributed by atoms with Crippen LogP contribution in [-0.2, 0) is 24.2 Å². The summed E-state index contributed by atoms with van der Waals surface area (Å²) in [4.78, 5) is 23.9. The Morgan fingerprint density at radius 2 is 2.00 bits per heavy atom. The molecular formula is C14H20N2O2. The van der Waals surface area contributed by atoms with Crippen LogP contribution in [0.1, 0.15) is 44.9 Å². The first-order valence-corrected chi connectivity index (χ1v) is 6.51. The van der Waals surface area contributed by atoms with Crippen LogP contribution in [0, 0.1) is 5.41 Å². The topological polar surface area (TPSA) is 52.0 Å². The van der Waals surface area contributed by atoms with E-state index in [0.717, 1.165) is 36.9 Å². The zero-order chi connectivity index (χ0) is 13.3. The number of rotatable bonds is 2. The summed E-state index contributed by atoms with van der Waals surface area (Å²) in [7, 11) is 0. The third-order valence-electron chi connectivity index (χ3n) is 3.40. The van der Waals surface area contributed by atoms with Crippen molar-refractivity contribution in [1.29, 1.82) is 0 Å². The Morgan fingerprint density at radius 3 is 2.67 bits per heavy atom. The molecule has 2 rings (SSSR count). The number of nitrogens with zero attached hydrogens (tertiary/aromatic N) is 2. The van der Waals surface area contributed by atoms with Gasteiger partial charge in [-0.1, -0.05) is 20.8 Å². The second-order valence-electron chi connectivity index (χ2n) is 5.99. The third kappa shape index (κ3) is 2.68. The Hall–Kier alpha value is -1.45. The molecule has 0 spiro atoms. The first-order valence-electron chi connectivity index (χ1n) is 6.51. The summed E-state index contributed by atoms with van der Waals surface area (Å²) in [6, 6.07) is 1.65. The highest BCUT2D eigenvalue weighted by atomic mass is 16.1. The van der Waals surface area contributed by atoms with Crippen LogP contribution >= 0.6 is 0 Å². The molecule has 0 saturated heterocycles. The second-order valence-corrected chi connectivity index (χ2v) is 5.99. The molecule has 1 heterocycles. The van der Waals surface area contributed by atoms with Gasteiger partial charge in [0.1, 0.15) is 6.54 Å². The maximum Gasteiger partial charge on any atom is 0.267 e. The van der Waals surface area contributed by atoms with Crippen LogP contribution < -0.4 is 5.56 Å². The molecule has 0 atom stereocenters. The molecule has 98 valence electrons. The van der Waals surface area contributed by atoms with E-state index < -0.39 is 5.41 Å². The Kier molecular flexibility index (Phi) is 3.37. The van der Waals surface area contributed by atoms with Crippen LogP contribution in [0.15, 0.2) is 10.9 Å². The van der Waals surface area contributed by atoms with Crippen molar-refractivity contribution in [2.45, 2.75) is 53.0 Å². The molecule has 4 heteroatoms. The van der Waals surface area contributed by atoms with Gasteiger partial charge in [-0.3, -0.25) is 9.59 Å². The average molecular weight is 248 g/mol. The van der Waals surface area contributed by atoms with Crippen molar-refractivity contribution in [3.63, 3.8) is 0 Å². The highest BCUT2D eigenvalue weighted by Crippen LogP contribution is 2.18. The first kappa shape index (κ1) is 13.0. The lowest BCUT2D eigenvalue weighted by Crippen LogP contribution is -2.33. The summed E-state index contributed by atoms with van der Waals surface area (Å²) in [6.07, 6.45) is 4.09. The van der Waals surface area contributed by atoms with Crippen LogP contribution in [0.3, 0.4) is 0 Å². The average Bonchev–Trinajstić information content (AvgIpc) is 2.28. The van der Waals surface area contributed by atoms with Crippen LogP contribution in [0.5, 0.6) is 0 Å². The lowest BCUT2D eigenvalue weighted by Gasteiger charge is -2.19. The third-order valence-corrected chi connectivity index (χ3v) is 3.40. The quantitative estimate of drug-likeness (QED) is 0.801. The van der Waals surface area contributed by atoms with Crippen molar-refractivity contribution in [3.05, 3.63) is 27.7 Å². The minimum atomic E-state index is -0.434. The molecule has 0 saturated carbocycles. The molecule has 18 heavy (non-hydrogen) atoms. The van der Waals surface area contributed by atoms with E-state index in [4.69, 9.17) is 0 Å². The summed E-state index contributed by atoms with van der Waals surface area (Å²) in [5.41, 5.74) is 1.46. The van der Waals surface area contributed by atoms with Gasteiger partial charge >= 0.3 is 0 Å². The number of aromatic nitrogens is 2. The van der Waals surface area contributed by atoms with Gasteiger partial charge in [-0.25, -0.2) is 4.68 Å². The Bertz CT molecular complexity index is 524. The second kappa shape index (κ2) is 4.67. The molecule has 0 N–H and O–H groups in total. The predicted molar refractivity (Wildman–Crippen MR) is 69.6 cm³/mol. The van der Waals surface area contributed by atoms with E-state index in [2.05, 4.69) is 5.10 Å². The van der Waals surface area contributed by atoms with Gasteiger partial charge < -0.3 is 0 Å². The van der Waals surface area contributed by atoms with E-state index in [1.54, 1.807) is 6.07 Å². The minimum absolute atomic E-state index is 0.0351. The number of ketones is 1. The van der Waals surface area contributed by atoms with Crippen molar-refractivity contribution >= 4 is 5.78 Å². The number of hydrogen-bond acceptors (Lipinski definition) is 3. The zero-order valence-electron chi connectivity index (χ0n) is 11.3. The molecule has 0 radical (unpaired) electrons. The van der Waals surface area contributed by atoms with E-state index in [1.807, 2.05) is 20.8 Å². The Morgan fingerprint density at radius 1 is 1.33 bits per heavy atom. The van der Waals surface area contributed by atoms with E-state index in [1.165, 1.54) is 4.68 Å². The highest BCUT2D eigenvalue weighted by molar-refractivity contribution is 5.83. The van der Waals surface area contributed by atoms with Crippen molar-refractivity contribution in [1.82, 2.24) is 9.78 Å². The van der Waals surface area contributed by atoms with Crippen LogP contribution in [-0.4, -0.2) is 15.6 Å². The van der Waals surface area contributed by atoms with Gasteiger partial charge in [-0.2, -0.15) is 5.10 Å². The van der Waals surface area contributed by atoms with E-state index in [0.29, 0.717) is 0 Å². The molecule has 4 nitrogen and oxygen atoms in total. The molecule has 1 aliphatic carbocycles. The normalized spacial score (nSPS) is 15.3. The molecule has 0 fully saturated rings. The number of fused-ring (bicyclic) bond motifs is 1. The molecule has 0 aromatic carbocycles. The van der Waals surface area contributed by atoms with Gasteiger partial charge in [-0.15, -0.1) is 0 Å². The largest absolute Gasteiger partial charge is 0.297 e. The van der Waals surface area contributed by atoms with Gasteiger partial charge in [0.05, 0.1) is 5.69 Å². The maximum atomic E-state index is 12.0. The van der Waals surface area contributed by atoms with Crippen LogP contribution in [0.4, 0.5) is 0 Å². The fourth-order valence-corrected chi connectivity index (χ4v) is 2.09. The van der Waals surface area contributed by atoms with Crippen molar-refractivity contribution in [3.8, 4) is 0 Å². The standard InChI is InChI=1S/C14H20N2O2/c1-14(2,3)12(17)9-16-13(18)8-10-6-4-5-7-11(10)15-16/h8H,4-7,9H2,1-3H3. The highest BCUT2D eigenvalue weighted by Gasteiger charge is 2.23. The molecule has 0 bridgehead atoms.